The Hall–Kier alpha value is -2.15. The van der Waals surface area contributed by atoms with E-state index >= 15 is 0 Å². The molecule has 1 aromatic carbocycles. The summed E-state index contributed by atoms with van der Waals surface area (Å²) in [5, 5.41) is 3.87. The lowest BCUT2D eigenvalue weighted by Crippen LogP contribution is -2.30. The highest BCUT2D eigenvalue weighted by molar-refractivity contribution is 7.89. The molecule has 1 amide bonds. The number of imidazole rings is 1. The molecule has 0 aliphatic rings. The number of fused-ring (bicyclic) bond motifs is 1. The highest BCUT2D eigenvalue weighted by Gasteiger charge is 2.34. The van der Waals surface area contributed by atoms with E-state index in [2.05, 4.69) is 15.0 Å². The number of nitrogens with zero attached hydrogens (tertiary/aromatic N) is 2. The minimum Gasteiger partial charge on any atom is -0.350 e. The van der Waals surface area contributed by atoms with Crippen LogP contribution in [0.1, 0.15) is 17.7 Å². The van der Waals surface area contributed by atoms with E-state index in [0.29, 0.717) is 11.8 Å². The van der Waals surface area contributed by atoms with Gasteiger partial charge in [-0.05, 0) is 18.2 Å². The summed E-state index contributed by atoms with van der Waals surface area (Å²) in [4.78, 5) is 16.4. The summed E-state index contributed by atoms with van der Waals surface area (Å²) in [5.74, 6) is -0.434. The second kappa shape index (κ2) is 8.30. The van der Waals surface area contributed by atoms with Crippen molar-refractivity contribution in [1.82, 2.24) is 19.4 Å². The van der Waals surface area contributed by atoms with E-state index in [9.17, 15) is 26.4 Å². The van der Waals surface area contributed by atoms with Gasteiger partial charge in [0.1, 0.15) is 0 Å². The van der Waals surface area contributed by atoms with Crippen LogP contribution in [0, 0.1) is 0 Å². The van der Waals surface area contributed by atoms with Gasteiger partial charge in [-0.3, -0.25) is 9.20 Å². The first kappa shape index (κ1) is 21.6. The summed E-state index contributed by atoms with van der Waals surface area (Å²) in [6, 6.07) is 2.28. The maximum Gasteiger partial charge on any atom is 0.417 e. The van der Waals surface area contributed by atoms with Crippen LogP contribution >= 0.6 is 22.9 Å². The van der Waals surface area contributed by atoms with E-state index in [1.807, 2.05) is 16.0 Å². The molecule has 2 N–H and O–H groups in total. The summed E-state index contributed by atoms with van der Waals surface area (Å²) < 4.78 is 67.0. The van der Waals surface area contributed by atoms with E-state index in [4.69, 9.17) is 11.6 Å². The van der Waals surface area contributed by atoms with E-state index < -0.39 is 37.6 Å². The summed E-state index contributed by atoms with van der Waals surface area (Å²) in [6.45, 7) is -0.109. The Labute approximate surface area is 172 Å². The molecule has 13 heteroatoms. The van der Waals surface area contributed by atoms with Crippen LogP contribution in [0.25, 0.3) is 4.96 Å². The maximum absolute atomic E-state index is 12.9. The number of thiazole rings is 1. The molecular formula is C16H14ClF3N4O3S2. The van der Waals surface area contributed by atoms with Crippen molar-refractivity contribution in [2.75, 3.05) is 6.54 Å². The van der Waals surface area contributed by atoms with Gasteiger partial charge in [0, 0.05) is 30.7 Å². The Balaban J connectivity index is 1.53. The van der Waals surface area contributed by atoms with Crippen LogP contribution in [0.2, 0.25) is 5.02 Å². The second-order valence-electron chi connectivity index (χ2n) is 5.89. The minimum absolute atomic E-state index is 0.173. The first-order valence-corrected chi connectivity index (χ1v) is 10.8. The lowest BCUT2D eigenvalue weighted by molar-refractivity contribution is -0.137. The fraction of sp³-hybridized carbons (Fsp3) is 0.250. The summed E-state index contributed by atoms with van der Waals surface area (Å²) in [5.41, 5.74) is -0.605. The Kier molecular flexibility index (Phi) is 6.17. The van der Waals surface area contributed by atoms with Crippen LogP contribution in [-0.2, 0) is 27.5 Å². The number of hydrogen-bond donors (Lipinski definition) is 2. The number of carbonyl (C=O) groups excluding carboxylic acids is 1. The molecule has 0 saturated heterocycles. The molecule has 29 heavy (non-hydrogen) atoms. The third-order valence-corrected chi connectivity index (χ3v) is 6.37. The Morgan fingerprint density at radius 2 is 2.07 bits per heavy atom. The second-order valence-corrected chi connectivity index (χ2v) is 8.94. The first-order chi connectivity index (χ1) is 13.6. The van der Waals surface area contributed by atoms with Gasteiger partial charge in [-0.25, -0.2) is 18.1 Å². The molecule has 0 atom stereocenters. The molecular weight excluding hydrogens is 453 g/mol. The summed E-state index contributed by atoms with van der Waals surface area (Å²) in [6.07, 6.45) is -1.40. The van der Waals surface area contributed by atoms with Crippen molar-refractivity contribution in [3.05, 3.63) is 52.3 Å². The zero-order valence-electron chi connectivity index (χ0n) is 14.5. The lowest BCUT2D eigenvalue weighted by Gasteiger charge is -2.12. The van der Waals surface area contributed by atoms with Crippen molar-refractivity contribution >= 4 is 43.8 Å². The first-order valence-electron chi connectivity index (χ1n) is 8.10. The Morgan fingerprint density at radius 1 is 1.31 bits per heavy atom. The number of nitrogens with one attached hydrogen (secondary N) is 2. The number of halogens is 4. The van der Waals surface area contributed by atoms with Crippen LogP contribution < -0.4 is 10.0 Å². The molecule has 156 valence electrons. The molecule has 0 radical (unpaired) electrons. The molecule has 0 unspecified atom stereocenters. The SMILES string of the molecule is O=C(CCNS(=O)(=O)c1ccc(Cl)c(C(F)(F)F)c1)NCc1cn2ccsc2n1. The average molecular weight is 467 g/mol. The molecule has 7 nitrogen and oxygen atoms in total. The van der Waals surface area contributed by atoms with Crippen LogP contribution in [0.15, 0.2) is 40.9 Å². The molecule has 2 heterocycles. The quantitative estimate of drug-likeness (QED) is 0.559. The fourth-order valence-corrected chi connectivity index (χ4v) is 4.41. The van der Waals surface area contributed by atoms with Crippen molar-refractivity contribution < 1.29 is 26.4 Å². The van der Waals surface area contributed by atoms with Crippen LogP contribution in [0.5, 0.6) is 0 Å². The number of alkyl halides is 3. The van der Waals surface area contributed by atoms with Crippen molar-refractivity contribution in [2.24, 2.45) is 0 Å². The van der Waals surface area contributed by atoms with Crippen molar-refractivity contribution in [3.8, 4) is 0 Å². The normalized spacial score (nSPS) is 12.4. The third-order valence-electron chi connectivity index (χ3n) is 3.81. The molecule has 0 saturated carbocycles. The summed E-state index contributed by atoms with van der Waals surface area (Å²) >= 11 is 6.93. The number of benzene rings is 1. The molecule has 0 fully saturated rings. The van der Waals surface area contributed by atoms with Gasteiger partial charge in [0.25, 0.3) is 0 Å². The average Bonchev–Trinajstić information content (AvgIpc) is 3.20. The minimum atomic E-state index is -4.79. The molecule has 0 bridgehead atoms. The van der Waals surface area contributed by atoms with Crippen molar-refractivity contribution in [2.45, 2.75) is 24.0 Å². The van der Waals surface area contributed by atoms with Gasteiger partial charge < -0.3 is 5.32 Å². The Bertz CT molecular complexity index is 1110. The van der Waals surface area contributed by atoms with Gasteiger partial charge >= 0.3 is 6.18 Å². The standard InChI is InChI=1S/C16H14ClF3N4O3S2/c17-13-2-1-11(7-12(13)16(18,19)20)29(26,27)22-4-3-14(25)21-8-10-9-24-5-6-28-15(24)23-10/h1-2,5-7,9,22H,3-4,8H2,(H,21,25). The van der Waals surface area contributed by atoms with E-state index in [0.717, 1.165) is 17.1 Å². The third kappa shape index (κ3) is 5.26. The number of carbonyl (C=O) groups is 1. The Morgan fingerprint density at radius 3 is 2.76 bits per heavy atom. The molecule has 0 aliphatic heterocycles. The van der Waals surface area contributed by atoms with E-state index in [1.165, 1.54) is 11.3 Å². The molecule has 3 rings (SSSR count). The van der Waals surface area contributed by atoms with Gasteiger partial charge in [-0.15, -0.1) is 11.3 Å². The fourth-order valence-electron chi connectivity index (χ4n) is 2.41. The number of rotatable bonds is 7. The molecule has 0 aliphatic carbocycles. The highest BCUT2D eigenvalue weighted by Crippen LogP contribution is 2.35. The van der Waals surface area contributed by atoms with Crippen LogP contribution in [-0.4, -0.2) is 30.3 Å². The van der Waals surface area contributed by atoms with Gasteiger partial charge in [-0.2, -0.15) is 13.2 Å². The number of amides is 1. The zero-order chi connectivity index (χ0) is 21.2. The van der Waals surface area contributed by atoms with E-state index in [1.54, 1.807) is 6.20 Å². The molecule has 0 spiro atoms. The van der Waals surface area contributed by atoms with Gasteiger partial charge in [0.05, 0.1) is 27.7 Å². The smallest absolute Gasteiger partial charge is 0.350 e. The maximum atomic E-state index is 12.9. The molecule has 3 aromatic rings. The molecule has 2 aromatic heterocycles. The topological polar surface area (TPSA) is 92.6 Å². The predicted molar refractivity (Wildman–Crippen MR) is 101 cm³/mol. The van der Waals surface area contributed by atoms with Crippen molar-refractivity contribution in [3.63, 3.8) is 0 Å². The van der Waals surface area contributed by atoms with Gasteiger partial charge in [0.2, 0.25) is 15.9 Å². The summed E-state index contributed by atoms with van der Waals surface area (Å²) in [7, 11) is -4.24. The lowest BCUT2D eigenvalue weighted by atomic mass is 10.2. The van der Waals surface area contributed by atoms with Gasteiger partial charge in [0.15, 0.2) is 4.96 Å². The predicted octanol–water partition coefficient (Wildman–Crippen LogP) is 3.05. The number of hydrogen-bond acceptors (Lipinski definition) is 5. The number of aromatic nitrogens is 2. The number of sulfonamides is 1. The highest BCUT2D eigenvalue weighted by atomic mass is 35.5. The van der Waals surface area contributed by atoms with E-state index in [-0.39, 0.29) is 19.5 Å². The van der Waals surface area contributed by atoms with Crippen molar-refractivity contribution in [1.29, 1.82) is 0 Å². The van der Waals surface area contributed by atoms with Crippen LogP contribution in [0.3, 0.4) is 0 Å². The van der Waals surface area contributed by atoms with Crippen LogP contribution in [0.4, 0.5) is 13.2 Å². The van der Waals surface area contributed by atoms with Gasteiger partial charge in [-0.1, -0.05) is 11.6 Å². The largest absolute Gasteiger partial charge is 0.417 e. The monoisotopic (exact) mass is 466 g/mol. The zero-order valence-corrected chi connectivity index (χ0v) is 16.9.